The lowest BCUT2D eigenvalue weighted by atomic mass is 9.33. The molecule has 3 heteroatoms. The molecular formula is C30H48O3. The molecule has 33 heavy (non-hydrogen) atoms. The van der Waals surface area contributed by atoms with E-state index in [9.17, 15) is 15.0 Å². The van der Waals surface area contributed by atoms with Crippen molar-refractivity contribution in [3.8, 4) is 0 Å². The minimum atomic E-state index is -0.581. The summed E-state index contributed by atoms with van der Waals surface area (Å²) in [5.74, 6) is 1.56. The van der Waals surface area contributed by atoms with Gasteiger partial charge in [-0.1, -0.05) is 60.1 Å². The molecule has 0 amide bonds. The molecule has 4 fully saturated rings. The highest BCUT2D eigenvalue weighted by molar-refractivity contribution is 5.86. The molecule has 186 valence electrons. The fraction of sp³-hybridized carbons (Fsp3) is 0.900. The molecule has 3 nitrogen and oxygen atoms in total. The van der Waals surface area contributed by atoms with Gasteiger partial charge in [0.2, 0.25) is 0 Å². The van der Waals surface area contributed by atoms with Gasteiger partial charge in [0.15, 0.2) is 0 Å². The van der Waals surface area contributed by atoms with Crippen LogP contribution in [0.3, 0.4) is 0 Å². The van der Waals surface area contributed by atoms with Crippen LogP contribution in [0.5, 0.6) is 0 Å². The van der Waals surface area contributed by atoms with Crippen molar-refractivity contribution in [3.63, 3.8) is 0 Å². The molecule has 0 aromatic carbocycles. The molecular weight excluding hydrogens is 408 g/mol. The molecule has 5 rings (SSSR count). The Morgan fingerprint density at radius 2 is 1.61 bits per heavy atom. The lowest BCUT2D eigenvalue weighted by Gasteiger charge is -2.71. The first kappa shape index (κ1) is 24.0. The van der Waals surface area contributed by atoms with Gasteiger partial charge >= 0.3 is 0 Å². The molecule has 0 unspecified atom stereocenters. The van der Waals surface area contributed by atoms with Gasteiger partial charge in [0.1, 0.15) is 5.78 Å². The number of hydrogen-bond donors (Lipinski definition) is 2. The van der Waals surface area contributed by atoms with Crippen LogP contribution in [0.15, 0.2) is 11.6 Å². The van der Waals surface area contributed by atoms with Gasteiger partial charge < -0.3 is 10.2 Å². The summed E-state index contributed by atoms with van der Waals surface area (Å²) in [4.78, 5) is 13.0. The average molecular weight is 457 g/mol. The lowest BCUT2D eigenvalue weighted by Crippen LogP contribution is -2.65. The fourth-order valence-electron chi connectivity index (χ4n) is 10.5. The number of aliphatic hydroxyl groups is 2. The molecule has 0 heterocycles. The third kappa shape index (κ3) is 2.85. The number of carbonyl (C=O) groups is 1. The van der Waals surface area contributed by atoms with E-state index in [1.807, 2.05) is 6.92 Å². The molecule has 0 aromatic rings. The van der Waals surface area contributed by atoms with Gasteiger partial charge in [0, 0.05) is 11.8 Å². The highest BCUT2D eigenvalue weighted by Gasteiger charge is 2.69. The van der Waals surface area contributed by atoms with Crippen LogP contribution in [-0.4, -0.2) is 28.7 Å². The number of hydrogen-bond acceptors (Lipinski definition) is 3. The maximum Gasteiger partial charge on any atom is 0.141 e. The second-order valence-corrected chi connectivity index (χ2v) is 14.9. The van der Waals surface area contributed by atoms with Gasteiger partial charge in [-0.3, -0.25) is 4.79 Å². The summed E-state index contributed by atoms with van der Waals surface area (Å²) in [6.07, 6.45) is 11.6. The summed E-state index contributed by atoms with van der Waals surface area (Å²) in [6.45, 7) is 16.7. The van der Waals surface area contributed by atoms with Crippen LogP contribution in [-0.2, 0) is 4.79 Å². The molecule has 5 aliphatic carbocycles. The van der Waals surface area contributed by atoms with E-state index < -0.39 is 5.41 Å². The van der Waals surface area contributed by atoms with E-state index >= 15 is 0 Å². The minimum Gasteiger partial charge on any atom is -0.395 e. The van der Waals surface area contributed by atoms with Crippen LogP contribution >= 0.6 is 0 Å². The molecule has 0 saturated heterocycles. The molecule has 0 spiro atoms. The average Bonchev–Trinajstić information content (AvgIpc) is 2.73. The maximum atomic E-state index is 13.0. The van der Waals surface area contributed by atoms with Gasteiger partial charge in [-0.15, -0.1) is 0 Å². The normalized spacial score (nSPS) is 55.5. The van der Waals surface area contributed by atoms with Crippen LogP contribution in [0.4, 0.5) is 0 Å². The lowest BCUT2D eigenvalue weighted by molar-refractivity contribution is -0.196. The summed E-state index contributed by atoms with van der Waals surface area (Å²) < 4.78 is 0. The molecule has 0 bridgehead atoms. The molecule has 5 aliphatic rings. The van der Waals surface area contributed by atoms with E-state index in [0.29, 0.717) is 18.3 Å². The minimum absolute atomic E-state index is 0.00210. The van der Waals surface area contributed by atoms with Gasteiger partial charge in [-0.05, 0) is 90.8 Å². The Kier molecular flexibility index (Phi) is 5.07. The Balaban J connectivity index is 1.59. The first-order valence-corrected chi connectivity index (χ1v) is 13.7. The van der Waals surface area contributed by atoms with Crippen LogP contribution < -0.4 is 0 Å². The molecule has 0 radical (unpaired) electrons. The number of aliphatic hydroxyl groups excluding tert-OH is 2. The van der Waals surface area contributed by atoms with E-state index in [1.54, 1.807) is 5.57 Å². The Hall–Kier alpha value is -0.670. The Morgan fingerprint density at radius 3 is 2.27 bits per heavy atom. The third-order valence-corrected chi connectivity index (χ3v) is 13.0. The van der Waals surface area contributed by atoms with Gasteiger partial charge in [-0.25, -0.2) is 0 Å². The van der Waals surface area contributed by atoms with E-state index in [0.717, 1.165) is 44.9 Å². The number of allylic oxidation sites excluding steroid dienone is 2. The van der Waals surface area contributed by atoms with Crippen molar-refractivity contribution < 1.29 is 15.0 Å². The predicted octanol–water partition coefficient (Wildman–Crippen LogP) is 6.32. The maximum absolute atomic E-state index is 13.0. The van der Waals surface area contributed by atoms with Crippen molar-refractivity contribution in [1.29, 1.82) is 0 Å². The predicted molar refractivity (Wildman–Crippen MR) is 133 cm³/mol. The van der Waals surface area contributed by atoms with E-state index in [2.05, 4.69) is 47.6 Å². The van der Waals surface area contributed by atoms with E-state index in [4.69, 9.17) is 0 Å². The summed E-state index contributed by atoms with van der Waals surface area (Å²) in [5, 5.41) is 21.6. The van der Waals surface area contributed by atoms with Crippen LogP contribution in [0.2, 0.25) is 0 Å². The van der Waals surface area contributed by atoms with Crippen molar-refractivity contribution in [2.75, 3.05) is 6.61 Å². The zero-order valence-corrected chi connectivity index (χ0v) is 22.3. The highest BCUT2D eigenvalue weighted by atomic mass is 16.3. The fourth-order valence-corrected chi connectivity index (χ4v) is 10.5. The van der Waals surface area contributed by atoms with Crippen LogP contribution in [0, 0.1) is 50.2 Å². The first-order valence-electron chi connectivity index (χ1n) is 13.7. The van der Waals surface area contributed by atoms with Crippen molar-refractivity contribution in [3.05, 3.63) is 11.6 Å². The number of carbonyl (C=O) groups excluding carboxylic acids is 1. The number of fused-ring (bicyclic) bond motifs is 7. The van der Waals surface area contributed by atoms with E-state index in [-0.39, 0.29) is 51.5 Å². The molecule has 4 saturated carbocycles. The molecule has 9 atom stereocenters. The summed E-state index contributed by atoms with van der Waals surface area (Å²) in [7, 11) is 0. The first-order chi connectivity index (χ1) is 15.2. The Bertz CT molecular complexity index is 889. The van der Waals surface area contributed by atoms with Crippen molar-refractivity contribution in [1.82, 2.24) is 0 Å². The van der Waals surface area contributed by atoms with E-state index in [1.165, 1.54) is 6.42 Å². The summed E-state index contributed by atoms with van der Waals surface area (Å²) in [6, 6.07) is 0. The molecule has 0 aromatic heterocycles. The van der Waals surface area contributed by atoms with Crippen molar-refractivity contribution >= 4 is 5.78 Å². The topological polar surface area (TPSA) is 57.5 Å². The van der Waals surface area contributed by atoms with Gasteiger partial charge in [0.05, 0.1) is 18.1 Å². The smallest absolute Gasteiger partial charge is 0.141 e. The molecule has 2 N–H and O–H groups in total. The number of ketones is 1. The summed E-state index contributed by atoms with van der Waals surface area (Å²) >= 11 is 0. The third-order valence-electron chi connectivity index (χ3n) is 13.0. The largest absolute Gasteiger partial charge is 0.395 e. The molecule has 0 aliphatic heterocycles. The van der Waals surface area contributed by atoms with Gasteiger partial charge in [0.25, 0.3) is 0 Å². The second kappa shape index (κ2) is 6.96. The van der Waals surface area contributed by atoms with Crippen LogP contribution in [0.25, 0.3) is 0 Å². The number of rotatable bonds is 1. The van der Waals surface area contributed by atoms with Crippen molar-refractivity contribution in [2.45, 2.75) is 112 Å². The standard InChI is InChI=1S/C30H48O3/c1-25(2)16-20-19-8-9-22-27(4)12-11-23(32)28(5,18-31)21(27)10-13-30(22,7)29(19,6)15-14-26(20,3)24(33)17-25/h8,20-22,24,31,33H,9-18H2,1-7H3/t20-,21+,22-,24-,26-,27+,28+,29-,30-/m1/s1. The quantitative estimate of drug-likeness (QED) is 0.454. The zero-order chi connectivity index (χ0) is 24.2. The number of Topliss-reactive ketones (excluding diaryl/α,β-unsaturated/α-hetero) is 1. The second-order valence-electron chi connectivity index (χ2n) is 14.9. The zero-order valence-electron chi connectivity index (χ0n) is 22.3. The summed E-state index contributed by atoms with van der Waals surface area (Å²) in [5.41, 5.74) is 1.69. The van der Waals surface area contributed by atoms with Crippen LogP contribution in [0.1, 0.15) is 106 Å². The Labute approximate surface area is 201 Å². The monoisotopic (exact) mass is 456 g/mol. The Morgan fingerprint density at radius 1 is 0.909 bits per heavy atom. The highest BCUT2D eigenvalue weighted by Crippen LogP contribution is 2.75. The van der Waals surface area contributed by atoms with Crippen molar-refractivity contribution in [2.24, 2.45) is 50.2 Å². The SMILES string of the molecule is CC1(C)C[C@@H](O)[C@]2(C)CC[C@]3(C)C(=CC[C@@H]4[C@@]5(C)CCC(=O)[C@@](C)(CO)[C@H]5CC[C@]43C)[C@H]2C1. The van der Waals surface area contributed by atoms with Gasteiger partial charge in [-0.2, -0.15) is 0 Å².